The Morgan fingerprint density at radius 2 is 1.95 bits per heavy atom. The maximum Gasteiger partial charge on any atom is 0.249 e. The van der Waals surface area contributed by atoms with Gasteiger partial charge in [0, 0.05) is 37.3 Å². The SMILES string of the molecule is CCOCC(C)(C)C(O)C(=O)NCCC(=O)NCCS. The molecule has 0 saturated carbocycles. The molecule has 6 nitrogen and oxygen atoms in total. The Morgan fingerprint density at radius 1 is 1.30 bits per heavy atom. The summed E-state index contributed by atoms with van der Waals surface area (Å²) in [7, 11) is 0. The van der Waals surface area contributed by atoms with E-state index < -0.39 is 17.4 Å². The molecule has 0 rings (SSSR count). The van der Waals surface area contributed by atoms with Gasteiger partial charge in [0.1, 0.15) is 6.10 Å². The van der Waals surface area contributed by atoms with Crippen LogP contribution in [0.3, 0.4) is 0 Å². The molecular weight excluding hydrogens is 280 g/mol. The number of hydrogen-bond donors (Lipinski definition) is 4. The number of nitrogens with one attached hydrogen (secondary N) is 2. The van der Waals surface area contributed by atoms with Gasteiger partial charge in [-0.05, 0) is 6.92 Å². The maximum absolute atomic E-state index is 11.8. The van der Waals surface area contributed by atoms with E-state index in [0.29, 0.717) is 25.5 Å². The lowest BCUT2D eigenvalue weighted by Crippen LogP contribution is -2.46. The molecule has 0 heterocycles. The highest BCUT2D eigenvalue weighted by Gasteiger charge is 2.33. The summed E-state index contributed by atoms with van der Waals surface area (Å²) < 4.78 is 5.25. The first-order valence-corrected chi connectivity index (χ1v) is 7.39. The van der Waals surface area contributed by atoms with Gasteiger partial charge < -0.3 is 20.5 Å². The number of thiol groups is 1. The maximum atomic E-state index is 11.8. The number of aliphatic hydroxyl groups is 1. The molecule has 0 aliphatic rings. The van der Waals surface area contributed by atoms with Crippen molar-refractivity contribution in [3.8, 4) is 0 Å². The van der Waals surface area contributed by atoms with Gasteiger partial charge >= 0.3 is 0 Å². The zero-order valence-corrected chi connectivity index (χ0v) is 13.3. The Morgan fingerprint density at radius 3 is 2.50 bits per heavy atom. The molecule has 1 unspecified atom stereocenters. The average Bonchev–Trinajstić information content (AvgIpc) is 2.41. The second-order valence-corrected chi connectivity index (χ2v) is 5.59. The summed E-state index contributed by atoms with van der Waals surface area (Å²) in [4.78, 5) is 23.1. The predicted octanol–water partition coefficient (Wildman–Crippen LogP) is -0.0377. The highest BCUT2D eigenvalue weighted by molar-refractivity contribution is 7.80. The third kappa shape index (κ3) is 7.72. The van der Waals surface area contributed by atoms with E-state index in [1.54, 1.807) is 13.8 Å². The van der Waals surface area contributed by atoms with Gasteiger partial charge in [0.2, 0.25) is 11.8 Å². The number of hydrogen-bond acceptors (Lipinski definition) is 5. The molecule has 0 aromatic carbocycles. The van der Waals surface area contributed by atoms with Gasteiger partial charge in [-0.3, -0.25) is 9.59 Å². The predicted molar refractivity (Wildman–Crippen MR) is 80.8 cm³/mol. The molecule has 3 N–H and O–H groups in total. The lowest BCUT2D eigenvalue weighted by atomic mass is 9.87. The van der Waals surface area contributed by atoms with E-state index in [1.165, 1.54) is 0 Å². The van der Waals surface area contributed by atoms with Gasteiger partial charge in [0.25, 0.3) is 0 Å². The van der Waals surface area contributed by atoms with Crippen LogP contribution in [0.15, 0.2) is 0 Å². The van der Waals surface area contributed by atoms with Crippen molar-refractivity contribution in [1.29, 1.82) is 0 Å². The Bertz CT molecular complexity index is 311. The minimum atomic E-state index is -1.17. The van der Waals surface area contributed by atoms with Crippen molar-refractivity contribution >= 4 is 24.4 Å². The Labute approximate surface area is 126 Å². The van der Waals surface area contributed by atoms with Crippen LogP contribution in [0.1, 0.15) is 27.2 Å². The van der Waals surface area contributed by atoms with Gasteiger partial charge in [-0.15, -0.1) is 0 Å². The van der Waals surface area contributed by atoms with Gasteiger partial charge in [0.05, 0.1) is 6.61 Å². The first-order chi connectivity index (χ1) is 9.35. The summed E-state index contributed by atoms with van der Waals surface area (Å²) in [6, 6.07) is 0. The fourth-order valence-electron chi connectivity index (χ4n) is 1.48. The van der Waals surface area contributed by atoms with Gasteiger partial charge in [-0.1, -0.05) is 13.8 Å². The monoisotopic (exact) mass is 306 g/mol. The fourth-order valence-corrected chi connectivity index (χ4v) is 1.59. The molecule has 7 heteroatoms. The lowest BCUT2D eigenvalue weighted by Gasteiger charge is -2.29. The van der Waals surface area contributed by atoms with E-state index in [9.17, 15) is 14.7 Å². The Kier molecular flexibility index (Phi) is 9.62. The van der Waals surface area contributed by atoms with Crippen molar-refractivity contribution in [2.24, 2.45) is 5.41 Å². The Hall–Kier alpha value is -0.790. The number of carbonyl (C=O) groups excluding carboxylic acids is 2. The van der Waals surface area contributed by atoms with Gasteiger partial charge in [-0.2, -0.15) is 12.6 Å². The van der Waals surface area contributed by atoms with Crippen LogP contribution in [0.2, 0.25) is 0 Å². The molecular formula is C13H26N2O4S. The van der Waals surface area contributed by atoms with Crippen LogP contribution in [-0.4, -0.2) is 55.1 Å². The summed E-state index contributed by atoms with van der Waals surface area (Å²) in [5.41, 5.74) is -0.672. The third-order valence-corrected chi connectivity index (χ3v) is 2.98. The first kappa shape index (κ1) is 19.2. The van der Waals surface area contributed by atoms with Crippen molar-refractivity contribution in [3.05, 3.63) is 0 Å². The Balaban J connectivity index is 4.04. The van der Waals surface area contributed by atoms with Crippen LogP contribution >= 0.6 is 12.6 Å². The number of rotatable bonds is 10. The number of carbonyl (C=O) groups is 2. The van der Waals surface area contributed by atoms with Gasteiger partial charge in [-0.25, -0.2) is 0 Å². The molecule has 0 aromatic heterocycles. The third-order valence-electron chi connectivity index (χ3n) is 2.75. The summed E-state index contributed by atoms with van der Waals surface area (Å²) in [6.07, 6.45) is -0.993. The number of ether oxygens (including phenoxy) is 1. The van der Waals surface area contributed by atoms with E-state index in [2.05, 4.69) is 23.3 Å². The van der Waals surface area contributed by atoms with Crippen molar-refractivity contribution in [3.63, 3.8) is 0 Å². The lowest BCUT2D eigenvalue weighted by molar-refractivity contribution is -0.138. The molecule has 0 saturated heterocycles. The second kappa shape index (κ2) is 10.0. The van der Waals surface area contributed by atoms with Crippen molar-refractivity contribution < 1.29 is 19.4 Å². The summed E-state index contributed by atoms with van der Waals surface area (Å²) in [5.74, 6) is -0.0679. The first-order valence-electron chi connectivity index (χ1n) is 6.76. The van der Waals surface area contributed by atoms with E-state index >= 15 is 0 Å². The summed E-state index contributed by atoms with van der Waals surface area (Å²) >= 11 is 3.98. The van der Waals surface area contributed by atoms with Crippen LogP contribution in [0.4, 0.5) is 0 Å². The minimum Gasteiger partial charge on any atom is -0.383 e. The van der Waals surface area contributed by atoms with E-state index in [4.69, 9.17) is 4.74 Å². The smallest absolute Gasteiger partial charge is 0.249 e. The number of amides is 2. The minimum absolute atomic E-state index is 0.151. The quantitative estimate of drug-likeness (QED) is 0.427. The highest BCUT2D eigenvalue weighted by atomic mass is 32.1. The van der Waals surface area contributed by atoms with Gasteiger partial charge in [0.15, 0.2) is 0 Å². The van der Waals surface area contributed by atoms with Crippen LogP contribution < -0.4 is 10.6 Å². The summed E-state index contributed by atoms with van der Waals surface area (Å²) in [6.45, 7) is 6.88. The molecule has 1 atom stereocenters. The largest absolute Gasteiger partial charge is 0.383 e. The zero-order valence-electron chi connectivity index (χ0n) is 12.4. The summed E-state index contributed by atoms with van der Waals surface area (Å²) in [5, 5.41) is 15.2. The molecule has 0 bridgehead atoms. The molecule has 2 amide bonds. The molecule has 0 spiro atoms. The van der Waals surface area contributed by atoms with Crippen molar-refractivity contribution in [1.82, 2.24) is 10.6 Å². The average molecular weight is 306 g/mol. The fraction of sp³-hybridized carbons (Fsp3) is 0.846. The molecule has 0 aliphatic carbocycles. The number of aliphatic hydroxyl groups excluding tert-OH is 1. The van der Waals surface area contributed by atoms with Crippen LogP contribution in [0, 0.1) is 5.41 Å². The second-order valence-electron chi connectivity index (χ2n) is 5.14. The van der Waals surface area contributed by atoms with E-state index in [0.717, 1.165) is 0 Å². The molecule has 0 aliphatic heterocycles. The molecule has 118 valence electrons. The molecule has 0 aromatic rings. The molecule has 0 radical (unpaired) electrons. The zero-order chi connectivity index (χ0) is 15.6. The molecule has 20 heavy (non-hydrogen) atoms. The molecule has 0 fully saturated rings. The topological polar surface area (TPSA) is 87.7 Å². The van der Waals surface area contributed by atoms with Crippen LogP contribution in [0.5, 0.6) is 0 Å². The van der Waals surface area contributed by atoms with E-state index in [1.807, 2.05) is 6.92 Å². The highest BCUT2D eigenvalue weighted by Crippen LogP contribution is 2.21. The van der Waals surface area contributed by atoms with Crippen molar-refractivity contribution in [2.75, 3.05) is 32.1 Å². The van der Waals surface area contributed by atoms with Crippen LogP contribution in [-0.2, 0) is 14.3 Å². The standard InChI is InChI=1S/C13H26N2O4S/c1-4-19-9-13(2,3)11(17)12(18)15-6-5-10(16)14-7-8-20/h11,17,20H,4-9H2,1-3H3,(H,14,16)(H,15,18). The van der Waals surface area contributed by atoms with Crippen LogP contribution in [0.25, 0.3) is 0 Å². The van der Waals surface area contributed by atoms with Crippen molar-refractivity contribution in [2.45, 2.75) is 33.3 Å². The van der Waals surface area contributed by atoms with E-state index in [-0.39, 0.29) is 18.9 Å². The normalized spacial score (nSPS) is 12.8.